The van der Waals surface area contributed by atoms with E-state index in [0.29, 0.717) is 12.8 Å². The van der Waals surface area contributed by atoms with Crippen LogP contribution in [0.3, 0.4) is 0 Å². The average molecular weight is 1510 g/mol. The summed E-state index contributed by atoms with van der Waals surface area (Å²) in [5, 5.41) is 11.5. The third kappa shape index (κ3) is 48.6. The van der Waals surface area contributed by atoms with Gasteiger partial charge in [-0.05, 0) is 6.42 Å². The minimum absolute atomic E-state index is 0.000976. The summed E-state index contributed by atoms with van der Waals surface area (Å²) in [6.45, 7) is -5.03. The molecule has 0 saturated heterocycles. The predicted molar refractivity (Wildman–Crippen MR) is 356 cm³/mol. The molecule has 0 unspecified atom stereocenters. The van der Waals surface area contributed by atoms with Crippen LogP contribution in [-0.4, -0.2) is 322 Å². The average Bonchev–Trinajstić information content (AvgIpc) is 0.874. The van der Waals surface area contributed by atoms with E-state index in [2.05, 4.69) is 21.3 Å². The Morgan fingerprint density at radius 2 is 0.327 bits per heavy atom. The third-order valence-corrected chi connectivity index (χ3v) is 14.4. The van der Waals surface area contributed by atoms with Gasteiger partial charge in [0.1, 0.15) is 22.2 Å². The summed E-state index contributed by atoms with van der Waals surface area (Å²) in [7, 11) is 10.8. The quantitative estimate of drug-likeness (QED) is 0.0323. The van der Waals surface area contributed by atoms with E-state index in [4.69, 9.17) is 99.5 Å². The van der Waals surface area contributed by atoms with E-state index in [9.17, 15) is 62.3 Å². The number of methoxy groups -OCH3 is 9. The largest absolute Gasteiger partial charge is 0.469 e. The van der Waals surface area contributed by atoms with Gasteiger partial charge >= 0.3 is 53.7 Å². The number of hydrogen-bond acceptors (Lipinski definition) is 34. The van der Waals surface area contributed by atoms with Crippen molar-refractivity contribution in [3.8, 4) is 0 Å². The SMILES string of the molecule is CCCCC(=O)NC(COCCC(=O)NC(COCCC(=O)OC)(COCCC(=O)OC)COCCC(=O)OC)(COCCC(=O)NC(COCCC(=O)OC)(COCCC(=O)OC)COCCC(=O)OC)COCCC(=O)NC(COCCC(=O)OC)(COCCC(=O)OC)COCCC(=O)OC. The molecule has 0 aliphatic carbocycles. The maximum Gasteiger partial charge on any atom is 0.307 e. The summed E-state index contributed by atoms with van der Waals surface area (Å²) in [6, 6.07) is 0. The van der Waals surface area contributed by atoms with Gasteiger partial charge in [-0.25, -0.2) is 0 Å². The van der Waals surface area contributed by atoms with E-state index in [0.717, 1.165) is 0 Å². The number of carbonyl (C=O) groups excluding carboxylic acids is 13. The van der Waals surface area contributed by atoms with E-state index in [1.165, 1.54) is 64.0 Å². The fourth-order valence-electron chi connectivity index (χ4n) is 8.73. The number of rotatable bonds is 67. The van der Waals surface area contributed by atoms with Crippen molar-refractivity contribution in [2.75, 3.05) is 223 Å². The molecule has 0 heterocycles. The summed E-state index contributed by atoms with van der Waals surface area (Å²) in [5.74, 6) is -7.79. The Bertz CT molecular complexity index is 2080. The van der Waals surface area contributed by atoms with Crippen LogP contribution >= 0.6 is 0 Å². The van der Waals surface area contributed by atoms with E-state index in [-0.39, 0.29) is 203 Å². The van der Waals surface area contributed by atoms with Crippen LogP contribution in [0.1, 0.15) is 103 Å². The summed E-state index contributed by atoms with van der Waals surface area (Å²) in [4.78, 5) is 164. The van der Waals surface area contributed by atoms with Crippen LogP contribution in [0, 0.1) is 0 Å². The molecule has 0 bridgehead atoms. The zero-order chi connectivity index (χ0) is 77.8. The number of amides is 4. The number of esters is 9. The first kappa shape index (κ1) is 96.6. The van der Waals surface area contributed by atoms with Crippen LogP contribution < -0.4 is 21.3 Å². The summed E-state index contributed by atoms with van der Waals surface area (Å²) >= 11 is 0. The Kier molecular flexibility index (Phi) is 55.6. The minimum Gasteiger partial charge on any atom is -0.469 e. The minimum atomic E-state index is -1.68. The smallest absolute Gasteiger partial charge is 0.307 e. The van der Waals surface area contributed by atoms with E-state index in [1.54, 1.807) is 0 Å². The van der Waals surface area contributed by atoms with Crippen LogP contribution in [0.4, 0.5) is 0 Å². The maximum atomic E-state index is 14.1. The maximum absolute atomic E-state index is 14.1. The Labute approximate surface area is 606 Å². The van der Waals surface area contributed by atoms with Crippen molar-refractivity contribution in [3.05, 3.63) is 0 Å². The lowest BCUT2D eigenvalue weighted by Gasteiger charge is -2.36. The zero-order valence-electron chi connectivity index (χ0n) is 62.0. The first-order valence-electron chi connectivity index (χ1n) is 33.6. The standard InChI is InChI=1S/C66H112N4O34/c1-11-12-13-50(71)67-63(38-93-26-14-51(72)68-64(41-96-29-17-54(75)84-2,42-97-30-18-55(76)85-3)43-98-31-19-56(77)86-4,39-94-27-15-52(73)69-65(44-99-32-20-57(78)87-5,45-100-33-21-58(79)88-6)46-101-34-22-59(80)89-7)40-95-28-16-53(74)70-66(47-102-35-23-60(81)90-8,48-103-36-24-61(82)91-9)49-104-37-25-62(83)92-10/h11-49H2,1-10H3,(H,67,71)(H,68,72)(H,69,73)(H,70,74). The molecular weight excluding hydrogens is 1390 g/mol. The second-order valence-corrected chi connectivity index (χ2v) is 23.2. The topological polar surface area (TPSA) is 464 Å². The molecule has 38 nitrogen and oxygen atoms in total. The molecule has 0 aromatic rings. The van der Waals surface area contributed by atoms with Crippen molar-refractivity contribution < 1.29 is 162 Å². The Morgan fingerprint density at radius 1 is 0.202 bits per heavy atom. The van der Waals surface area contributed by atoms with Gasteiger partial charge in [0, 0.05) is 25.7 Å². The van der Waals surface area contributed by atoms with Crippen molar-refractivity contribution in [3.63, 3.8) is 0 Å². The lowest BCUT2D eigenvalue weighted by molar-refractivity contribution is -0.145. The van der Waals surface area contributed by atoms with E-state index < -0.39 is 139 Å². The molecule has 0 rings (SSSR count). The van der Waals surface area contributed by atoms with Crippen LogP contribution in [0.25, 0.3) is 0 Å². The van der Waals surface area contributed by atoms with Crippen molar-refractivity contribution in [2.24, 2.45) is 0 Å². The second kappa shape index (κ2) is 59.8. The second-order valence-electron chi connectivity index (χ2n) is 23.2. The molecule has 4 N–H and O–H groups in total. The number of nitrogens with one attached hydrogen (secondary N) is 4. The molecule has 0 aromatic heterocycles. The monoisotopic (exact) mass is 1500 g/mol. The Hall–Kier alpha value is -7.37. The van der Waals surface area contributed by atoms with Gasteiger partial charge in [0.25, 0.3) is 0 Å². The highest BCUT2D eigenvalue weighted by Gasteiger charge is 2.39. The summed E-state index contributed by atoms with van der Waals surface area (Å²) in [6.07, 6.45) is -1.66. The lowest BCUT2D eigenvalue weighted by atomic mass is 10.0. The number of carbonyl (C=O) groups is 13. The Balaban J connectivity index is 7.60. The first-order valence-corrected chi connectivity index (χ1v) is 33.6. The van der Waals surface area contributed by atoms with Gasteiger partial charge in [-0.1, -0.05) is 13.3 Å². The number of ether oxygens (including phenoxy) is 21. The highest BCUT2D eigenvalue weighted by atomic mass is 16.6. The van der Waals surface area contributed by atoms with E-state index in [1.807, 2.05) is 6.92 Å². The zero-order valence-corrected chi connectivity index (χ0v) is 62.0. The van der Waals surface area contributed by atoms with Crippen LogP contribution in [0.5, 0.6) is 0 Å². The molecule has 0 aliphatic rings. The van der Waals surface area contributed by atoms with Crippen LogP contribution in [0.2, 0.25) is 0 Å². The highest BCUT2D eigenvalue weighted by molar-refractivity contribution is 5.79. The van der Waals surface area contributed by atoms with Crippen LogP contribution in [-0.2, 0) is 162 Å². The molecule has 0 radical (unpaired) electrons. The molecule has 0 aliphatic heterocycles. The van der Waals surface area contributed by atoms with E-state index >= 15 is 0 Å². The molecule has 0 fully saturated rings. The van der Waals surface area contributed by atoms with Crippen molar-refractivity contribution in [2.45, 2.75) is 125 Å². The van der Waals surface area contributed by atoms with Crippen molar-refractivity contribution >= 4 is 77.4 Å². The number of unbranched alkanes of at least 4 members (excludes halogenated alkanes) is 1. The van der Waals surface area contributed by atoms with Gasteiger partial charge in [-0.15, -0.1) is 0 Å². The molecule has 4 amide bonds. The molecule has 38 heteroatoms. The van der Waals surface area contributed by atoms with Gasteiger partial charge in [-0.2, -0.15) is 0 Å². The van der Waals surface area contributed by atoms with Gasteiger partial charge in [0.05, 0.1) is 280 Å². The molecular formula is C66H112N4O34. The molecule has 0 spiro atoms. The summed E-state index contributed by atoms with van der Waals surface area (Å²) < 4.78 is 114. The normalized spacial score (nSPS) is 11.5. The predicted octanol–water partition coefficient (Wildman–Crippen LogP) is -0.966. The molecule has 600 valence electrons. The lowest BCUT2D eigenvalue weighted by Crippen LogP contribution is -2.60. The first-order chi connectivity index (χ1) is 49.8. The third-order valence-electron chi connectivity index (χ3n) is 14.4. The fourth-order valence-corrected chi connectivity index (χ4v) is 8.73. The molecule has 0 atom stereocenters. The van der Waals surface area contributed by atoms with Crippen molar-refractivity contribution in [1.82, 2.24) is 21.3 Å². The fraction of sp³-hybridized carbons (Fsp3) is 0.803. The number of hydrogen-bond donors (Lipinski definition) is 4. The molecule has 104 heavy (non-hydrogen) atoms. The van der Waals surface area contributed by atoms with Gasteiger partial charge in [0.15, 0.2) is 0 Å². The summed E-state index contributed by atoms with van der Waals surface area (Å²) in [5.41, 5.74) is -6.28. The van der Waals surface area contributed by atoms with Crippen molar-refractivity contribution in [1.29, 1.82) is 0 Å². The Morgan fingerprint density at radius 3 is 0.452 bits per heavy atom. The molecule has 0 saturated carbocycles. The highest BCUT2D eigenvalue weighted by Crippen LogP contribution is 2.18. The molecule has 0 aromatic carbocycles. The van der Waals surface area contributed by atoms with Gasteiger partial charge in [0.2, 0.25) is 23.6 Å². The van der Waals surface area contributed by atoms with Gasteiger partial charge in [-0.3, -0.25) is 62.3 Å². The van der Waals surface area contributed by atoms with Gasteiger partial charge < -0.3 is 121 Å². The van der Waals surface area contributed by atoms with Crippen LogP contribution in [0.15, 0.2) is 0 Å².